The number of sulfonamides is 1. The summed E-state index contributed by atoms with van der Waals surface area (Å²) in [5, 5.41) is 8.82. The lowest BCUT2D eigenvalue weighted by molar-refractivity contribution is 0.288. The number of rotatable bonds is 5. The Bertz CT molecular complexity index is 543. The molecule has 0 saturated carbocycles. The van der Waals surface area contributed by atoms with E-state index in [2.05, 4.69) is 4.90 Å². The van der Waals surface area contributed by atoms with Gasteiger partial charge in [-0.2, -0.15) is 4.31 Å². The molecule has 0 atom stereocenters. The minimum Gasteiger partial charge on any atom is -0.396 e. The number of hydrogen-bond donors (Lipinski definition) is 1. The monoisotopic (exact) mass is 312 g/mol. The first-order valence-electron chi connectivity index (χ1n) is 7.42. The third-order valence-electron chi connectivity index (χ3n) is 3.86. The highest BCUT2D eigenvalue weighted by molar-refractivity contribution is 7.89. The summed E-state index contributed by atoms with van der Waals surface area (Å²) in [6.45, 7) is 2.99. The van der Waals surface area contributed by atoms with Gasteiger partial charge in [-0.05, 0) is 50.6 Å². The van der Waals surface area contributed by atoms with Crippen molar-refractivity contribution in [3.8, 4) is 0 Å². The molecule has 1 heterocycles. The fraction of sp³-hybridized carbons (Fsp3) is 0.600. The molecule has 1 N–H and O–H groups in total. The molecule has 0 bridgehead atoms. The lowest BCUT2D eigenvalue weighted by atomic mass is 10.1. The fourth-order valence-corrected chi connectivity index (χ4v) is 3.99. The van der Waals surface area contributed by atoms with Gasteiger partial charge >= 0.3 is 0 Å². The molecule has 0 spiro atoms. The van der Waals surface area contributed by atoms with Gasteiger partial charge in [-0.1, -0.05) is 12.1 Å². The molecule has 118 valence electrons. The molecule has 21 heavy (non-hydrogen) atoms. The Morgan fingerprint density at radius 1 is 1.10 bits per heavy atom. The molecule has 0 amide bonds. The van der Waals surface area contributed by atoms with E-state index < -0.39 is 10.0 Å². The zero-order chi connectivity index (χ0) is 15.3. The summed E-state index contributed by atoms with van der Waals surface area (Å²) >= 11 is 0. The van der Waals surface area contributed by atoms with Crippen molar-refractivity contribution in [3.63, 3.8) is 0 Å². The van der Waals surface area contributed by atoms with Crippen LogP contribution in [0.5, 0.6) is 0 Å². The van der Waals surface area contributed by atoms with Gasteiger partial charge in [0.05, 0.1) is 4.90 Å². The van der Waals surface area contributed by atoms with Crippen LogP contribution in [-0.4, -0.2) is 62.6 Å². The summed E-state index contributed by atoms with van der Waals surface area (Å²) < 4.78 is 26.9. The Labute approximate surface area is 127 Å². The second-order valence-corrected chi connectivity index (χ2v) is 7.47. The van der Waals surface area contributed by atoms with Gasteiger partial charge in [0.1, 0.15) is 0 Å². The quantitative estimate of drug-likeness (QED) is 0.879. The predicted octanol–water partition coefficient (Wildman–Crippen LogP) is 0.938. The van der Waals surface area contributed by atoms with E-state index in [-0.39, 0.29) is 6.61 Å². The molecule has 6 heteroatoms. The third kappa shape index (κ3) is 4.26. The number of likely N-dealkylation sites (N-methyl/N-ethyl adjacent to an activating group) is 1. The van der Waals surface area contributed by atoms with Crippen molar-refractivity contribution in [2.24, 2.45) is 0 Å². The maximum atomic E-state index is 12.6. The standard InChI is InChI=1S/C15H24N2O3S/c1-16-9-3-10-17(12-11-16)21(19,20)15-7-5-14(6-8-15)4-2-13-18/h5-8,18H,2-4,9-13H2,1H3. The summed E-state index contributed by atoms with van der Waals surface area (Å²) in [5.41, 5.74) is 1.05. The van der Waals surface area contributed by atoms with Crippen LogP contribution in [0, 0.1) is 0 Å². The molecule has 5 nitrogen and oxygen atoms in total. The summed E-state index contributed by atoms with van der Waals surface area (Å²) in [6, 6.07) is 7.03. The van der Waals surface area contributed by atoms with Gasteiger partial charge in [0.15, 0.2) is 0 Å². The van der Waals surface area contributed by atoms with Crippen molar-refractivity contribution >= 4 is 10.0 Å². The molecular weight excluding hydrogens is 288 g/mol. The van der Waals surface area contributed by atoms with Crippen LogP contribution in [-0.2, 0) is 16.4 Å². The summed E-state index contributed by atoms with van der Waals surface area (Å²) in [4.78, 5) is 2.52. The zero-order valence-corrected chi connectivity index (χ0v) is 13.3. The highest BCUT2D eigenvalue weighted by Crippen LogP contribution is 2.18. The average Bonchev–Trinajstić information content (AvgIpc) is 2.70. The molecule has 0 aromatic heterocycles. The van der Waals surface area contributed by atoms with Gasteiger partial charge in [-0.15, -0.1) is 0 Å². The van der Waals surface area contributed by atoms with Gasteiger partial charge in [-0.3, -0.25) is 0 Å². The second-order valence-electron chi connectivity index (χ2n) is 5.53. The average molecular weight is 312 g/mol. The van der Waals surface area contributed by atoms with Crippen LogP contribution in [0.2, 0.25) is 0 Å². The van der Waals surface area contributed by atoms with Gasteiger partial charge in [0.2, 0.25) is 10.0 Å². The third-order valence-corrected chi connectivity index (χ3v) is 5.78. The van der Waals surface area contributed by atoms with Gasteiger partial charge in [0, 0.05) is 26.2 Å². The number of benzene rings is 1. The molecule has 0 aliphatic carbocycles. The smallest absolute Gasteiger partial charge is 0.243 e. The number of nitrogens with zero attached hydrogens (tertiary/aromatic N) is 2. The van der Waals surface area contributed by atoms with E-state index in [4.69, 9.17) is 5.11 Å². The van der Waals surface area contributed by atoms with E-state index in [0.717, 1.165) is 31.5 Å². The van der Waals surface area contributed by atoms with E-state index in [1.807, 2.05) is 19.2 Å². The van der Waals surface area contributed by atoms with Crippen molar-refractivity contribution in [1.82, 2.24) is 9.21 Å². The van der Waals surface area contributed by atoms with E-state index in [1.54, 1.807) is 16.4 Å². The van der Waals surface area contributed by atoms with Crippen molar-refractivity contribution in [1.29, 1.82) is 0 Å². The lowest BCUT2D eigenvalue weighted by Gasteiger charge is -2.20. The normalized spacial score (nSPS) is 18.6. The Morgan fingerprint density at radius 2 is 1.81 bits per heavy atom. The molecule has 1 aromatic carbocycles. The van der Waals surface area contributed by atoms with Crippen LogP contribution in [0.4, 0.5) is 0 Å². The van der Waals surface area contributed by atoms with Gasteiger partial charge < -0.3 is 10.0 Å². The first-order valence-corrected chi connectivity index (χ1v) is 8.86. The highest BCUT2D eigenvalue weighted by atomic mass is 32.2. The van der Waals surface area contributed by atoms with E-state index in [9.17, 15) is 8.42 Å². The van der Waals surface area contributed by atoms with E-state index in [1.165, 1.54) is 0 Å². The minimum absolute atomic E-state index is 0.154. The molecule has 1 aromatic rings. The number of aliphatic hydroxyl groups is 1. The fourth-order valence-electron chi connectivity index (χ4n) is 2.52. The molecule has 1 aliphatic rings. The molecule has 1 saturated heterocycles. The zero-order valence-electron chi connectivity index (χ0n) is 12.5. The van der Waals surface area contributed by atoms with Crippen LogP contribution in [0.1, 0.15) is 18.4 Å². The van der Waals surface area contributed by atoms with E-state index >= 15 is 0 Å². The lowest BCUT2D eigenvalue weighted by Crippen LogP contribution is -2.34. The first kappa shape index (κ1) is 16.4. The minimum atomic E-state index is -3.39. The Hall–Kier alpha value is -0.950. The number of aliphatic hydroxyl groups excluding tert-OH is 1. The van der Waals surface area contributed by atoms with Crippen LogP contribution in [0.3, 0.4) is 0 Å². The SMILES string of the molecule is CN1CCCN(S(=O)(=O)c2ccc(CCCO)cc2)CC1. The molecule has 0 radical (unpaired) electrons. The predicted molar refractivity (Wildman–Crippen MR) is 82.7 cm³/mol. The van der Waals surface area contributed by atoms with E-state index in [0.29, 0.717) is 24.4 Å². The topological polar surface area (TPSA) is 60.9 Å². The molecule has 0 unspecified atom stereocenters. The Balaban J connectivity index is 2.11. The van der Waals surface area contributed by atoms with Gasteiger partial charge in [-0.25, -0.2) is 8.42 Å². The molecule has 1 fully saturated rings. The Kier molecular flexibility index (Phi) is 5.75. The van der Waals surface area contributed by atoms with Crippen molar-refractivity contribution in [2.75, 3.05) is 39.8 Å². The molecule has 1 aliphatic heterocycles. The second kappa shape index (κ2) is 7.35. The summed E-state index contributed by atoms with van der Waals surface area (Å²) in [6.07, 6.45) is 2.33. The maximum absolute atomic E-state index is 12.6. The van der Waals surface area contributed by atoms with Crippen molar-refractivity contribution in [2.45, 2.75) is 24.2 Å². The van der Waals surface area contributed by atoms with Gasteiger partial charge in [0.25, 0.3) is 0 Å². The number of aryl methyl sites for hydroxylation is 1. The van der Waals surface area contributed by atoms with Crippen LogP contribution in [0.25, 0.3) is 0 Å². The molecular formula is C15H24N2O3S. The summed E-state index contributed by atoms with van der Waals surface area (Å²) in [5.74, 6) is 0. The largest absolute Gasteiger partial charge is 0.396 e. The van der Waals surface area contributed by atoms with Crippen molar-refractivity contribution < 1.29 is 13.5 Å². The number of hydrogen-bond acceptors (Lipinski definition) is 4. The Morgan fingerprint density at radius 3 is 2.48 bits per heavy atom. The molecule has 2 rings (SSSR count). The summed E-state index contributed by atoms with van der Waals surface area (Å²) in [7, 11) is -1.37. The van der Waals surface area contributed by atoms with Crippen LogP contribution in [0.15, 0.2) is 29.2 Å². The highest BCUT2D eigenvalue weighted by Gasteiger charge is 2.25. The van der Waals surface area contributed by atoms with Crippen molar-refractivity contribution in [3.05, 3.63) is 29.8 Å². The maximum Gasteiger partial charge on any atom is 0.243 e. The first-order chi connectivity index (χ1) is 10.0. The van der Waals surface area contributed by atoms with Crippen LogP contribution >= 0.6 is 0 Å². The van der Waals surface area contributed by atoms with Crippen LogP contribution < -0.4 is 0 Å².